The summed E-state index contributed by atoms with van der Waals surface area (Å²) in [7, 11) is 0. The van der Waals surface area contributed by atoms with Crippen molar-refractivity contribution in [3.63, 3.8) is 0 Å². The van der Waals surface area contributed by atoms with Gasteiger partial charge in [-0.1, -0.05) is 0 Å². The zero-order valence-electron chi connectivity index (χ0n) is 10.6. The quantitative estimate of drug-likeness (QED) is 0.635. The zero-order valence-corrected chi connectivity index (χ0v) is 10.6. The summed E-state index contributed by atoms with van der Waals surface area (Å²) in [6.45, 7) is 3.53. The van der Waals surface area contributed by atoms with Gasteiger partial charge < -0.3 is 10.2 Å². The second kappa shape index (κ2) is 5.48. The van der Waals surface area contributed by atoms with Gasteiger partial charge in [0.1, 0.15) is 12.6 Å². The second-order valence-corrected chi connectivity index (χ2v) is 5.01. The van der Waals surface area contributed by atoms with E-state index in [0.717, 1.165) is 25.9 Å². The van der Waals surface area contributed by atoms with Crippen molar-refractivity contribution in [2.45, 2.75) is 32.2 Å². The van der Waals surface area contributed by atoms with Gasteiger partial charge in [-0.15, -0.1) is 0 Å². The lowest BCUT2D eigenvalue weighted by Crippen LogP contribution is -2.58. The van der Waals surface area contributed by atoms with Crippen molar-refractivity contribution in [1.29, 1.82) is 0 Å². The number of carbonyl (C=O) groups is 3. The number of piperazine rings is 1. The van der Waals surface area contributed by atoms with Crippen LogP contribution in [0.2, 0.25) is 0 Å². The van der Waals surface area contributed by atoms with Gasteiger partial charge in [-0.3, -0.25) is 19.7 Å². The number of hydrogen-bond donors (Lipinski definition) is 2. The van der Waals surface area contributed by atoms with Crippen LogP contribution in [0.4, 0.5) is 0 Å². The van der Waals surface area contributed by atoms with Crippen LogP contribution in [0.3, 0.4) is 0 Å². The van der Waals surface area contributed by atoms with E-state index < -0.39 is 11.9 Å². The first-order chi connectivity index (χ1) is 8.58. The lowest BCUT2D eigenvalue weighted by Gasteiger charge is -2.33. The first-order valence-electron chi connectivity index (χ1n) is 6.42. The van der Waals surface area contributed by atoms with Gasteiger partial charge in [-0.05, 0) is 38.8 Å². The maximum Gasteiger partial charge on any atom is 0.249 e. The van der Waals surface area contributed by atoms with Crippen LogP contribution >= 0.6 is 0 Å². The van der Waals surface area contributed by atoms with Gasteiger partial charge >= 0.3 is 0 Å². The molecule has 1 atom stereocenters. The lowest BCUT2D eigenvalue weighted by atomic mass is 9.93. The fourth-order valence-corrected chi connectivity index (χ4v) is 2.47. The Balaban J connectivity index is 1.94. The molecule has 0 aromatic rings. The maximum absolute atomic E-state index is 12.1. The lowest BCUT2D eigenvalue weighted by molar-refractivity contribution is -0.150. The first-order valence-corrected chi connectivity index (χ1v) is 6.42. The van der Waals surface area contributed by atoms with Crippen LogP contribution in [0.1, 0.15) is 26.2 Å². The van der Waals surface area contributed by atoms with Gasteiger partial charge in [0.15, 0.2) is 0 Å². The molecule has 0 aromatic heterocycles. The minimum Gasteiger partial charge on any atom is -0.322 e. The van der Waals surface area contributed by atoms with Gasteiger partial charge in [0.05, 0.1) is 0 Å². The molecule has 2 rings (SSSR count). The van der Waals surface area contributed by atoms with Crippen LogP contribution < -0.4 is 10.6 Å². The summed E-state index contributed by atoms with van der Waals surface area (Å²) in [6.07, 6.45) is 2.40. The summed E-state index contributed by atoms with van der Waals surface area (Å²) in [5, 5.41) is 5.48. The van der Waals surface area contributed by atoms with Gasteiger partial charge in [0.25, 0.3) is 0 Å². The minimum absolute atomic E-state index is 0.00326. The Hall–Kier alpha value is -1.43. The van der Waals surface area contributed by atoms with Crippen molar-refractivity contribution >= 4 is 17.7 Å². The number of nitrogens with zero attached hydrogens (tertiary/aromatic N) is 1. The molecule has 2 heterocycles. The number of imide groups is 1. The number of amides is 3. The summed E-state index contributed by atoms with van der Waals surface area (Å²) in [5.41, 5.74) is 0. The number of nitrogens with one attached hydrogen (secondary N) is 2. The van der Waals surface area contributed by atoms with E-state index in [0.29, 0.717) is 12.3 Å². The molecule has 2 fully saturated rings. The molecule has 2 aliphatic heterocycles. The highest BCUT2D eigenvalue weighted by atomic mass is 16.2. The number of piperidine rings is 1. The van der Waals surface area contributed by atoms with Gasteiger partial charge in [0.2, 0.25) is 17.7 Å². The molecule has 100 valence electrons. The SMILES string of the molecule is CC1C(=O)NC(=O)CN1C(=O)CC1CCNCC1. The molecule has 0 aromatic carbocycles. The molecule has 1 unspecified atom stereocenters. The molecule has 2 N–H and O–H groups in total. The molecule has 18 heavy (non-hydrogen) atoms. The van der Waals surface area contributed by atoms with Gasteiger partial charge in [0, 0.05) is 6.42 Å². The standard InChI is InChI=1S/C12H19N3O3/c1-8-12(18)14-10(16)7-15(8)11(17)6-9-2-4-13-5-3-9/h8-9,13H,2-7H2,1H3,(H,14,16,18). The van der Waals surface area contributed by atoms with E-state index in [9.17, 15) is 14.4 Å². The highest BCUT2D eigenvalue weighted by molar-refractivity contribution is 6.04. The van der Waals surface area contributed by atoms with Crippen molar-refractivity contribution in [3.8, 4) is 0 Å². The van der Waals surface area contributed by atoms with Crippen LogP contribution in [0.25, 0.3) is 0 Å². The molecule has 0 aliphatic carbocycles. The monoisotopic (exact) mass is 253 g/mol. The predicted molar refractivity (Wildman–Crippen MR) is 64.5 cm³/mol. The molecule has 0 bridgehead atoms. The Morgan fingerprint density at radius 1 is 1.33 bits per heavy atom. The molecule has 3 amide bonds. The van der Waals surface area contributed by atoms with Crippen molar-refractivity contribution < 1.29 is 14.4 Å². The van der Waals surface area contributed by atoms with E-state index in [1.165, 1.54) is 4.90 Å². The fraction of sp³-hybridized carbons (Fsp3) is 0.750. The van der Waals surface area contributed by atoms with E-state index in [1.807, 2.05) is 0 Å². The van der Waals surface area contributed by atoms with Crippen LogP contribution in [-0.4, -0.2) is 48.3 Å². The summed E-state index contributed by atoms with van der Waals surface area (Å²) in [4.78, 5) is 36.3. The normalized spacial score (nSPS) is 26.1. The van der Waals surface area contributed by atoms with E-state index >= 15 is 0 Å². The van der Waals surface area contributed by atoms with Crippen molar-refractivity contribution in [3.05, 3.63) is 0 Å². The van der Waals surface area contributed by atoms with Crippen LogP contribution in [0, 0.1) is 5.92 Å². The molecule has 2 aliphatic rings. The summed E-state index contributed by atoms with van der Waals surface area (Å²) in [6, 6.07) is -0.545. The van der Waals surface area contributed by atoms with E-state index in [2.05, 4.69) is 10.6 Å². The average Bonchev–Trinajstić information content (AvgIpc) is 2.35. The highest BCUT2D eigenvalue weighted by Gasteiger charge is 2.34. The smallest absolute Gasteiger partial charge is 0.249 e. The minimum atomic E-state index is -0.545. The Bertz CT molecular complexity index is 364. The molecule has 6 nitrogen and oxygen atoms in total. The number of hydrogen-bond acceptors (Lipinski definition) is 4. The highest BCUT2D eigenvalue weighted by Crippen LogP contribution is 2.18. The summed E-state index contributed by atoms with van der Waals surface area (Å²) < 4.78 is 0. The number of carbonyl (C=O) groups excluding carboxylic acids is 3. The van der Waals surface area contributed by atoms with E-state index in [4.69, 9.17) is 0 Å². The summed E-state index contributed by atoms with van der Waals surface area (Å²) >= 11 is 0. The molecule has 0 radical (unpaired) electrons. The Morgan fingerprint density at radius 2 is 2.00 bits per heavy atom. The van der Waals surface area contributed by atoms with Crippen LogP contribution in [0.15, 0.2) is 0 Å². The Morgan fingerprint density at radius 3 is 2.67 bits per heavy atom. The zero-order chi connectivity index (χ0) is 13.1. The molecule has 6 heteroatoms. The third-order valence-electron chi connectivity index (χ3n) is 3.67. The third kappa shape index (κ3) is 2.87. The van der Waals surface area contributed by atoms with Crippen LogP contribution in [-0.2, 0) is 14.4 Å². The van der Waals surface area contributed by atoms with Gasteiger partial charge in [-0.2, -0.15) is 0 Å². The molecular formula is C12H19N3O3. The topological polar surface area (TPSA) is 78.5 Å². The molecule has 0 spiro atoms. The molecular weight excluding hydrogens is 234 g/mol. The Labute approximate surface area is 106 Å². The largest absolute Gasteiger partial charge is 0.322 e. The van der Waals surface area contributed by atoms with Crippen molar-refractivity contribution in [1.82, 2.24) is 15.5 Å². The number of rotatable bonds is 2. The fourth-order valence-electron chi connectivity index (χ4n) is 2.47. The molecule has 0 saturated carbocycles. The third-order valence-corrected chi connectivity index (χ3v) is 3.67. The van der Waals surface area contributed by atoms with Gasteiger partial charge in [-0.25, -0.2) is 0 Å². The molecule has 2 saturated heterocycles. The van der Waals surface area contributed by atoms with E-state index in [1.54, 1.807) is 6.92 Å². The van der Waals surface area contributed by atoms with Crippen molar-refractivity contribution in [2.24, 2.45) is 5.92 Å². The first kappa shape index (κ1) is 13.0. The van der Waals surface area contributed by atoms with E-state index in [-0.39, 0.29) is 18.4 Å². The van der Waals surface area contributed by atoms with Crippen molar-refractivity contribution in [2.75, 3.05) is 19.6 Å². The maximum atomic E-state index is 12.1. The predicted octanol–water partition coefficient (Wildman–Crippen LogP) is -0.750. The average molecular weight is 253 g/mol. The Kier molecular flexibility index (Phi) is 3.96. The second-order valence-electron chi connectivity index (χ2n) is 5.01. The van der Waals surface area contributed by atoms with Crippen LogP contribution in [0.5, 0.6) is 0 Å². The summed E-state index contributed by atoms with van der Waals surface area (Å²) in [5.74, 6) is -0.495.